The molecule has 3 heterocycles. The van der Waals surface area contributed by atoms with E-state index in [2.05, 4.69) is 179 Å². The molecule has 0 bridgehead atoms. The van der Waals surface area contributed by atoms with Crippen LogP contribution in [0.25, 0.3) is 105 Å². The van der Waals surface area contributed by atoms with Crippen LogP contribution < -0.4 is 0 Å². The molecule has 0 unspecified atom stereocenters. The quantitative estimate of drug-likeness (QED) is 0.168. The summed E-state index contributed by atoms with van der Waals surface area (Å²) in [4.78, 5) is 15.1. The van der Waals surface area contributed by atoms with E-state index in [-0.39, 0.29) is 0 Å². The molecule has 0 saturated carbocycles. The molecule has 0 aliphatic carbocycles. The Bertz CT molecular complexity index is 3150. The second-order valence-corrected chi connectivity index (χ2v) is 14.0. The van der Waals surface area contributed by atoms with Gasteiger partial charge in [0, 0.05) is 44.9 Å². The Morgan fingerprint density at radius 3 is 1.29 bits per heavy atom. The van der Waals surface area contributed by atoms with E-state index in [9.17, 15) is 0 Å². The maximum atomic E-state index is 5.28. The lowest BCUT2D eigenvalue weighted by Gasteiger charge is -2.13. The average Bonchev–Trinajstić information content (AvgIpc) is 3.61. The SMILES string of the molecule is c1ccc(-c2ccc(-c3cc(-c4ccc(-n5c6ccccc6c6ccccc65)cc4)nc(-c4ccc5c6ccccc6c6ccccc6c5c4)n3)cc2)nc1. The van der Waals surface area contributed by atoms with E-state index in [4.69, 9.17) is 9.97 Å². The molecule has 0 radical (unpaired) electrons. The highest BCUT2D eigenvalue weighted by Crippen LogP contribution is 2.38. The minimum atomic E-state index is 0.687. The summed E-state index contributed by atoms with van der Waals surface area (Å²) >= 11 is 0. The van der Waals surface area contributed by atoms with Crippen LogP contribution in [0.3, 0.4) is 0 Å². The Balaban J connectivity index is 1.07. The van der Waals surface area contributed by atoms with Gasteiger partial charge in [-0.05, 0) is 80.8 Å². The summed E-state index contributed by atoms with van der Waals surface area (Å²) < 4.78 is 2.34. The van der Waals surface area contributed by atoms with Gasteiger partial charge in [0.2, 0.25) is 0 Å². The van der Waals surface area contributed by atoms with Gasteiger partial charge in [-0.15, -0.1) is 0 Å². The molecule has 11 rings (SSSR count). The third-order valence-corrected chi connectivity index (χ3v) is 10.9. The number of benzene rings is 8. The number of para-hydroxylation sites is 2. The third-order valence-electron chi connectivity index (χ3n) is 10.9. The molecule has 0 aliphatic rings. The van der Waals surface area contributed by atoms with Gasteiger partial charge in [0.05, 0.1) is 28.1 Å². The number of hydrogen-bond acceptors (Lipinski definition) is 3. The average molecular weight is 701 g/mol. The third kappa shape index (κ3) is 5.19. The number of aromatic nitrogens is 4. The van der Waals surface area contributed by atoms with Gasteiger partial charge in [0.25, 0.3) is 0 Å². The van der Waals surface area contributed by atoms with Gasteiger partial charge < -0.3 is 4.57 Å². The van der Waals surface area contributed by atoms with E-state index < -0.39 is 0 Å². The van der Waals surface area contributed by atoms with Crippen molar-refractivity contribution in [3.05, 3.63) is 194 Å². The Morgan fingerprint density at radius 1 is 0.309 bits per heavy atom. The van der Waals surface area contributed by atoms with E-state index in [0.717, 1.165) is 45.0 Å². The molecule has 0 atom stereocenters. The Kier molecular flexibility index (Phi) is 7.14. The Hall–Kier alpha value is -7.43. The topological polar surface area (TPSA) is 43.6 Å². The van der Waals surface area contributed by atoms with Crippen LogP contribution in [-0.2, 0) is 0 Å². The van der Waals surface area contributed by atoms with Crippen LogP contribution in [0.1, 0.15) is 0 Å². The van der Waals surface area contributed by atoms with Gasteiger partial charge in [0.15, 0.2) is 5.82 Å². The molecule has 0 spiro atoms. The van der Waals surface area contributed by atoms with Gasteiger partial charge in [-0.25, -0.2) is 9.97 Å². The van der Waals surface area contributed by atoms with Crippen LogP contribution >= 0.6 is 0 Å². The molecule has 0 saturated heterocycles. The number of nitrogens with zero attached hydrogens (tertiary/aromatic N) is 4. The molecule has 11 aromatic rings. The van der Waals surface area contributed by atoms with Crippen LogP contribution in [0.2, 0.25) is 0 Å². The standard InChI is InChI=1S/C51H32N4/c1-2-13-40-38(11-1)39-12-3-4-14-41(39)45-31-36(26-29-42(40)45)51-53-47(34-22-20-33(21-23-34)46-17-9-10-30-52-46)32-48(54-51)35-24-27-37(28-25-35)55-49-18-7-5-15-43(49)44-16-6-8-19-50(44)55/h1-32H. The number of hydrogen-bond donors (Lipinski definition) is 0. The predicted molar refractivity (Wildman–Crippen MR) is 228 cm³/mol. The predicted octanol–water partition coefficient (Wildman–Crippen LogP) is 13.1. The molecule has 3 aromatic heterocycles. The van der Waals surface area contributed by atoms with E-state index in [0.29, 0.717) is 5.82 Å². The van der Waals surface area contributed by atoms with Crippen molar-refractivity contribution in [2.75, 3.05) is 0 Å². The Morgan fingerprint density at radius 2 is 0.745 bits per heavy atom. The van der Waals surface area contributed by atoms with Crippen molar-refractivity contribution >= 4 is 54.1 Å². The normalized spacial score (nSPS) is 11.6. The summed E-state index contributed by atoms with van der Waals surface area (Å²) in [5.74, 6) is 0.687. The molecule has 256 valence electrons. The van der Waals surface area contributed by atoms with Crippen LogP contribution in [0, 0.1) is 0 Å². The molecule has 0 aliphatic heterocycles. The molecular formula is C51H32N4. The molecule has 8 aromatic carbocycles. The van der Waals surface area contributed by atoms with E-state index >= 15 is 0 Å². The fraction of sp³-hybridized carbons (Fsp3) is 0. The smallest absolute Gasteiger partial charge is 0.160 e. The fourth-order valence-corrected chi connectivity index (χ4v) is 8.25. The summed E-state index contributed by atoms with van der Waals surface area (Å²) in [5, 5.41) is 9.88. The number of pyridine rings is 1. The zero-order chi connectivity index (χ0) is 36.3. The molecule has 0 fully saturated rings. The Labute approximate surface area is 317 Å². The molecule has 4 nitrogen and oxygen atoms in total. The summed E-state index contributed by atoms with van der Waals surface area (Å²) in [6.07, 6.45) is 1.83. The molecular weight excluding hydrogens is 669 g/mol. The zero-order valence-corrected chi connectivity index (χ0v) is 29.8. The lowest BCUT2D eigenvalue weighted by atomic mass is 9.93. The second-order valence-electron chi connectivity index (χ2n) is 14.0. The van der Waals surface area contributed by atoms with Gasteiger partial charge >= 0.3 is 0 Å². The first-order chi connectivity index (χ1) is 27.3. The highest BCUT2D eigenvalue weighted by atomic mass is 15.0. The van der Waals surface area contributed by atoms with Crippen LogP contribution in [0.15, 0.2) is 194 Å². The first kappa shape index (κ1) is 31.1. The molecule has 0 amide bonds. The van der Waals surface area contributed by atoms with Crippen LogP contribution in [-0.4, -0.2) is 19.5 Å². The second kappa shape index (κ2) is 12.6. The van der Waals surface area contributed by atoms with Crippen molar-refractivity contribution < 1.29 is 0 Å². The lowest BCUT2D eigenvalue weighted by molar-refractivity contribution is 1.17. The van der Waals surface area contributed by atoms with Crippen LogP contribution in [0.4, 0.5) is 0 Å². The van der Waals surface area contributed by atoms with Crippen molar-refractivity contribution in [1.82, 2.24) is 19.5 Å². The highest BCUT2D eigenvalue weighted by Gasteiger charge is 2.16. The minimum absolute atomic E-state index is 0.687. The van der Waals surface area contributed by atoms with E-state index in [1.54, 1.807) is 0 Å². The van der Waals surface area contributed by atoms with Crippen molar-refractivity contribution in [3.63, 3.8) is 0 Å². The zero-order valence-electron chi connectivity index (χ0n) is 29.8. The van der Waals surface area contributed by atoms with Crippen molar-refractivity contribution in [2.45, 2.75) is 0 Å². The van der Waals surface area contributed by atoms with Gasteiger partial charge in [-0.2, -0.15) is 0 Å². The largest absolute Gasteiger partial charge is 0.309 e. The minimum Gasteiger partial charge on any atom is -0.309 e. The summed E-state index contributed by atoms with van der Waals surface area (Å²) in [6, 6.07) is 66.6. The van der Waals surface area contributed by atoms with Gasteiger partial charge in [-0.3, -0.25) is 4.98 Å². The molecule has 0 N–H and O–H groups in total. The lowest BCUT2D eigenvalue weighted by Crippen LogP contribution is -1.97. The maximum Gasteiger partial charge on any atom is 0.160 e. The van der Waals surface area contributed by atoms with E-state index in [1.807, 2.05) is 24.4 Å². The summed E-state index contributed by atoms with van der Waals surface area (Å²) in [6.45, 7) is 0. The van der Waals surface area contributed by atoms with Crippen molar-refractivity contribution in [3.8, 4) is 50.8 Å². The maximum absolute atomic E-state index is 5.28. The van der Waals surface area contributed by atoms with Crippen molar-refractivity contribution in [1.29, 1.82) is 0 Å². The first-order valence-electron chi connectivity index (χ1n) is 18.6. The number of rotatable bonds is 5. The van der Waals surface area contributed by atoms with E-state index in [1.165, 1.54) is 54.1 Å². The highest BCUT2D eigenvalue weighted by molar-refractivity contribution is 6.25. The molecule has 4 heteroatoms. The van der Waals surface area contributed by atoms with Crippen molar-refractivity contribution in [2.24, 2.45) is 0 Å². The summed E-state index contributed by atoms with van der Waals surface area (Å²) in [5.41, 5.74) is 10.2. The first-order valence-corrected chi connectivity index (χ1v) is 18.6. The van der Waals surface area contributed by atoms with Gasteiger partial charge in [-0.1, -0.05) is 140 Å². The van der Waals surface area contributed by atoms with Gasteiger partial charge in [0.1, 0.15) is 0 Å². The fourth-order valence-electron chi connectivity index (χ4n) is 8.25. The monoisotopic (exact) mass is 700 g/mol. The van der Waals surface area contributed by atoms with Crippen LogP contribution in [0.5, 0.6) is 0 Å². The molecule has 55 heavy (non-hydrogen) atoms. The summed E-state index contributed by atoms with van der Waals surface area (Å²) in [7, 11) is 0. The number of fused-ring (bicyclic) bond motifs is 9.